The summed E-state index contributed by atoms with van der Waals surface area (Å²) in [6, 6.07) is 5.37. The first-order valence-corrected chi connectivity index (χ1v) is 8.59. The Hall–Kier alpha value is -1.22. The molecule has 1 aromatic rings. The molecule has 0 atom stereocenters. The van der Waals surface area contributed by atoms with Crippen molar-refractivity contribution in [2.45, 2.75) is 16.2 Å². The van der Waals surface area contributed by atoms with E-state index in [0.717, 1.165) is 0 Å². The van der Waals surface area contributed by atoms with Gasteiger partial charge in [0.1, 0.15) is 9.79 Å². The van der Waals surface area contributed by atoms with E-state index in [0.29, 0.717) is 13.0 Å². The van der Waals surface area contributed by atoms with Crippen LogP contribution in [0.3, 0.4) is 0 Å². The molecule has 0 fully saturated rings. The molecule has 0 amide bonds. The van der Waals surface area contributed by atoms with Crippen LogP contribution in [0.4, 0.5) is 0 Å². The molecule has 1 aliphatic rings. The monoisotopic (exact) mass is 302 g/mol. The third-order valence-corrected chi connectivity index (χ3v) is 5.82. The Labute approximate surface area is 112 Å². The first-order chi connectivity index (χ1) is 8.83. The molecule has 1 aliphatic heterocycles. The largest absolute Gasteiger partial charge is 0.244 e. The quantitative estimate of drug-likeness (QED) is 0.811. The molecular weight excluding hydrogens is 288 g/mol. The van der Waals surface area contributed by atoms with Gasteiger partial charge >= 0.3 is 0 Å². The lowest BCUT2D eigenvalue weighted by molar-refractivity contribution is 0.436. The molecule has 104 valence electrons. The van der Waals surface area contributed by atoms with E-state index in [-0.39, 0.29) is 16.3 Å². The zero-order chi connectivity index (χ0) is 14.1. The molecule has 1 heterocycles. The van der Waals surface area contributed by atoms with Gasteiger partial charge in [0.05, 0.1) is 0 Å². The summed E-state index contributed by atoms with van der Waals surface area (Å²) in [4.78, 5) is -0.641. The van der Waals surface area contributed by atoms with Crippen molar-refractivity contribution in [1.29, 1.82) is 0 Å². The Morgan fingerprint density at radius 3 is 2.16 bits per heavy atom. The maximum absolute atomic E-state index is 12.4. The predicted octanol–water partition coefficient (Wildman–Crippen LogP) is 0.285. The van der Waals surface area contributed by atoms with E-state index < -0.39 is 20.0 Å². The predicted molar refractivity (Wildman–Crippen MR) is 70.3 cm³/mol. The van der Waals surface area contributed by atoms with Crippen LogP contribution >= 0.6 is 0 Å². The van der Waals surface area contributed by atoms with E-state index in [2.05, 4.69) is 0 Å². The molecule has 6 nitrogen and oxygen atoms in total. The fourth-order valence-corrected chi connectivity index (χ4v) is 4.64. The Morgan fingerprint density at radius 2 is 1.63 bits per heavy atom. The summed E-state index contributed by atoms with van der Waals surface area (Å²) in [5.41, 5.74) is 0. The SMILES string of the molecule is NS(=O)(=O)c1ccccc1S(=O)(=O)N1CC=CCC1. The molecule has 2 N–H and O–H groups in total. The van der Waals surface area contributed by atoms with Gasteiger partial charge in [0.15, 0.2) is 0 Å². The second kappa shape index (κ2) is 5.04. The van der Waals surface area contributed by atoms with Crippen molar-refractivity contribution in [3.63, 3.8) is 0 Å². The number of nitrogens with zero attached hydrogens (tertiary/aromatic N) is 1. The van der Waals surface area contributed by atoms with Crippen molar-refractivity contribution < 1.29 is 16.8 Å². The van der Waals surface area contributed by atoms with Crippen molar-refractivity contribution in [2.24, 2.45) is 5.14 Å². The summed E-state index contributed by atoms with van der Waals surface area (Å²) in [7, 11) is -7.93. The molecule has 0 radical (unpaired) electrons. The molecular formula is C11H14N2O4S2. The number of sulfonamides is 2. The summed E-state index contributed by atoms with van der Waals surface area (Å²) in [5, 5.41) is 5.06. The van der Waals surface area contributed by atoms with E-state index in [4.69, 9.17) is 5.14 Å². The Balaban J connectivity index is 2.56. The standard InChI is InChI=1S/C11H14N2O4S2/c12-18(14,15)10-6-2-3-7-11(10)19(16,17)13-8-4-1-5-9-13/h1-4,6-7H,5,8-9H2,(H2,12,14,15). The maximum atomic E-state index is 12.4. The second-order valence-electron chi connectivity index (χ2n) is 4.11. The van der Waals surface area contributed by atoms with Crippen LogP contribution in [-0.2, 0) is 20.0 Å². The Kier molecular flexibility index (Phi) is 3.77. The molecule has 0 saturated carbocycles. The zero-order valence-corrected chi connectivity index (χ0v) is 11.7. The zero-order valence-electron chi connectivity index (χ0n) is 10.1. The van der Waals surface area contributed by atoms with Crippen LogP contribution in [0.25, 0.3) is 0 Å². The van der Waals surface area contributed by atoms with Gasteiger partial charge in [0.25, 0.3) is 0 Å². The first-order valence-electron chi connectivity index (χ1n) is 5.60. The molecule has 0 bridgehead atoms. The molecule has 0 aliphatic carbocycles. The molecule has 0 aromatic heterocycles. The topological polar surface area (TPSA) is 97.5 Å². The van der Waals surface area contributed by atoms with Crippen LogP contribution in [0.5, 0.6) is 0 Å². The van der Waals surface area contributed by atoms with Gasteiger partial charge in [-0.25, -0.2) is 22.0 Å². The summed E-state index contributed by atoms with van der Waals surface area (Å²) in [6.45, 7) is 0.569. The highest BCUT2D eigenvalue weighted by atomic mass is 32.2. The number of hydrogen-bond acceptors (Lipinski definition) is 4. The van der Waals surface area contributed by atoms with Crippen LogP contribution in [0.2, 0.25) is 0 Å². The van der Waals surface area contributed by atoms with Gasteiger partial charge in [-0.3, -0.25) is 0 Å². The lowest BCUT2D eigenvalue weighted by Crippen LogP contribution is -2.35. The molecule has 2 rings (SSSR count). The first kappa shape index (κ1) is 14.2. The minimum Gasteiger partial charge on any atom is -0.225 e. The van der Waals surface area contributed by atoms with Crippen LogP contribution in [0.15, 0.2) is 46.2 Å². The van der Waals surface area contributed by atoms with Crippen molar-refractivity contribution in [2.75, 3.05) is 13.1 Å². The molecule has 8 heteroatoms. The van der Waals surface area contributed by atoms with Gasteiger partial charge in [-0.2, -0.15) is 4.31 Å². The molecule has 1 aromatic carbocycles. The van der Waals surface area contributed by atoms with Gasteiger partial charge in [-0.05, 0) is 18.6 Å². The van der Waals surface area contributed by atoms with E-state index in [1.165, 1.54) is 28.6 Å². The number of rotatable bonds is 3. The summed E-state index contributed by atoms with van der Waals surface area (Å²) in [6.07, 6.45) is 4.23. The Bertz CT molecular complexity index is 708. The average molecular weight is 302 g/mol. The maximum Gasteiger partial charge on any atom is 0.244 e. The van der Waals surface area contributed by atoms with E-state index in [1.807, 2.05) is 6.08 Å². The molecule has 0 spiro atoms. The van der Waals surface area contributed by atoms with Crippen molar-refractivity contribution in [3.05, 3.63) is 36.4 Å². The minimum atomic E-state index is -4.08. The van der Waals surface area contributed by atoms with Crippen molar-refractivity contribution >= 4 is 20.0 Å². The van der Waals surface area contributed by atoms with Crippen LogP contribution in [-0.4, -0.2) is 34.2 Å². The Morgan fingerprint density at radius 1 is 1.00 bits per heavy atom. The smallest absolute Gasteiger partial charge is 0.225 e. The highest BCUT2D eigenvalue weighted by Crippen LogP contribution is 2.24. The lowest BCUT2D eigenvalue weighted by atomic mass is 10.3. The van der Waals surface area contributed by atoms with Crippen molar-refractivity contribution in [1.82, 2.24) is 4.31 Å². The number of hydrogen-bond donors (Lipinski definition) is 1. The number of benzene rings is 1. The van der Waals surface area contributed by atoms with Crippen LogP contribution in [0.1, 0.15) is 6.42 Å². The number of nitrogens with two attached hydrogens (primary N) is 1. The van der Waals surface area contributed by atoms with Gasteiger partial charge < -0.3 is 0 Å². The minimum absolute atomic E-state index is 0.237. The van der Waals surface area contributed by atoms with Crippen LogP contribution < -0.4 is 5.14 Å². The third kappa shape index (κ3) is 2.86. The van der Waals surface area contributed by atoms with E-state index in [9.17, 15) is 16.8 Å². The third-order valence-electron chi connectivity index (χ3n) is 2.79. The fourth-order valence-electron chi connectivity index (χ4n) is 1.88. The van der Waals surface area contributed by atoms with Gasteiger partial charge in [0.2, 0.25) is 20.0 Å². The highest BCUT2D eigenvalue weighted by molar-refractivity contribution is 7.92. The second-order valence-corrected chi connectivity index (χ2v) is 7.55. The molecule has 19 heavy (non-hydrogen) atoms. The fraction of sp³-hybridized carbons (Fsp3) is 0.273. The van der Waals surface area contributed by atoms with Crippen LogP contribution in [0, 0.1) is 0 Å². The molecule has 0 saturated heterocycles. The van der Waals surface area contributed by atoms with Crippen molar-refractivity contribution in [3.8, 4) is 0 Å². The van der Waals surface area contributed by atoms with E-state index in [1.54, 1.807) is 6.08 Å². The molecule has 0 unspecified atom stereocenters. The summed E-state index contributed by atoms with van der Waals surface area (Å²) in [5.74, 6) is 0. The summed E-state index contributed by atoms with van der Waals surface area (Å²) >= 11 is 0. The normalized spacial score (nSPS) is 17.5. The lowest BCUT2D eigenvalue weighted by Gasteiger charge is -2.23. The van der Waals surface area contributed by atoms with Gasteiger partial charge in [-0.15, -0.1) is 0 Å². The average Bonchev–Trinajstić information content (AvgIpc) is 2.39. The summed E-state index contributed by atoms with van der Waals surface area (Å²) < 4.78 is 49.0. The highest BCUT2D eigenvalue weighted by Gasteiger charge is 2.29. The van der Waals surface area contributed by atoms with Gasteiger partial charge in [-0.1, -0.05) is 24.3 Å². The van der Waals surface area contributed by atoms with E-state index >= 15 is 0 Å². The number of primary sulfonamides is 1. The van der Waals surface area contributed by atoms with Gasteiger partial charge in [0, 0.05) is 13.1 Å².